The van der Waals surface area contributed by atoms with E-state index in [1.54, 1.807) is 31.2 Å². The molecular formula is C13H17NO4. The van der Waals surface area contributed by atoms with Crippen LogP contribution in [0.25, 0.3) is 0 Å². The number of hydrogen-bond donors (Lipinski definition) is 1. The van der Waals surface area contributed by atoms with Gasteiger partial charge in [0, 0.05) is 6.54 Å². The standard InChI is InChI=1S/C13H17NO4/c1-4-14-12(15)9(2)18-11-7-5-10(6-8-11)13(16)17-3/h5-9H,4H2,1-3H3,(H,14,15)/t9-/m0/s1. The molecule has 1 N–H and O–H groups in total. The van der Waals surface area contributed by atoms with E-state index in [-0.39, 0.29) is 5.91 Å². The Morgan fingerprint density at radius 3 is 2.39 bits per heavy atom. The minimum atomic E-state index is -0.575. The van der Waals surface area contributed by atoms with E-state index in [4.69, 9.17) is 4.74 Å². The molecule has 18 heavy (non-hydrogen) atoms. The molecule has 0 radical (unpaired) electrons. The summed E-state index contributed by atoms with van der Waals surface area (Å²) in [7, 11) is 1.32. The van der Waals surface area contributed by atoms with Gasteiger partial charge in [-0.1, -0.05) is 0 Å². The minimum Gasteiger partial charge on any atom is -0.481 e. The van der Waals surface area contributed by atoms with Crippen LogP contribution in [-0.2, 0) is 9.53 Å². The number of rotatable bonds is 5. The van der Waals surface area contributed by atoms with Crippen molar-refractivity contribution in [3.63, 3.8) is 0 Å². The van der Waals surface area contributed by atoms with Crippen molar-refractivity contribution in [3.8, 4) is 5.75 Å². The Kier molecular flexibility index (Phi) is 5.17. The SMILES string of the molecule is CCNC(=O)[C@H](C)Oc1ccc(C(=O)OC)cc1. The molecule has 0 spiro atoms. The molecule has 0 bridgehead atoms. The van der Waals surface area contributed by atoms with Crippen LogP contribution in [0.5, 0.6) is 5.75 Å². The fourth-order valence-electron chi connectivity index (χ4n) is 1.36. The minimum absolute atomic E-state index is 0.172. The summed E-state index contributed by atoms with van der Waals surface area (Å²) in [6.45, 7) is 4.07. The summed E-state index contributed by atoms with van der Waals surface area (Å²) in [5, 5.41) is 2.67. The lowest BCUT2D eigenvalue weighted by atomic mass is 10.2. The van der Waals surface area contributed by atoms with Crippen LogP contribution in [0.3, 0.4) is 0 Å². The molecule has 5 nitrogen and oxygen atoms in total. The predicted molar refractivity (Wildman–Crippen MR) is 66.6 cm³/mol. The third kappa shape index (κ3) is 3.76. The first-order valence-corrected chi connectivity index (χ1v) is 5.71. The number of esters is 1. The van der Waals surface area contributed by atoms with Crippen molar-refractivity contribution in [2.75, 3.05) is 13.7 Å². The molecule has 0 heterocycles. The van der Waals surface area contributed by atoms with Crippen LogP contribution in [-0.4, -0.2) is 31.6 Å². The first-order chi connectivity index (χ1) is 8.58. The third-order valence-corrected chi connectivity index (χ3v) is 2.31. The van der Waals surface area contributed by atoms with Crippen LogP contribution in [0.15, 0.2) is 24.3 Å². The van der Waals surface area contributed by atoms with Crippen LogP contribution >= 0.6 is 0 Å². The van der Waals surface area contributed by atoms with E-state index in [1.807, 2.05) is 6.92 Å². The van der Waals surface area contributed by atoms with E-state index in [9.17, 15) is 9.59 Å². The monoisotopic (exact) mass is 251 g/mol. The van der Waals surface area contributed by atoms with Crippen LogP contribution in [0.1, 0.15) is 24.2 Å². The lowest BCUT2D eigenvalue weighted by Crippen LogP contribution is -2.36. The van der Waals surface area contributed by atoms with Crippen LogP contribution in [0.4, 0.5) is 0 Å². The number of ether oxygens (including phenoxy) is 2. The van der Waals surface area contributed by atoms with Gasteiger partial charge in [-0.15, -0.1) is 0 Å². The lowest BCUT2D eigenvalue weighted by molar-refractivity contribution is -0.127. The summed E-state index contributed by atoms with van der Waals surface area (Å²) >= 11 is 0. The highest BCUT2D eigenvalue weighted by Gasteiger charge is 2.13. The van der Waals surface area contributed by atoms with Gasteiger partial charge in [-0.25, -0.2) is 4.79 Å². The van der Waals surface area contributed by atoms with Crippen molar-refractivity contribution in [2.45, 2.75) is 20.0 Å². The molecule has 1 aromatic carbocycles. The maximum Gasteiger partial charge on any atom is 0.337 e. The van der Waals surface area contributed by atoms with Gasteiger partial charge in [0.2, 0.25) is 0 Å². The number of carbonyl (C=O) groups is 2. The molecule has 5 heteroatoms. The zero-order valence-electron chi connectivity index (χ0n) is 10.7. The van der Waals surface area contributed by atoms with Gasteiger partial charge >= 0.3 is 5.97 Å². The highest BCUT2D eigenvalue weighted by molar-refractivity contribution is 5.89. The molecular weight excluding hydrogens is 234 g/mol. The Balaban J connectivity index is 2.63. The topological polar surface area (TPSA) is 64.6 Å². The van der Waals surface area contributed by atoms with E-state index in [2.05, 4.69) is 10.1 Å². The number of hydrogen-bond acceptors (Lipinski definition) is 4. The Hall–Kier alpha value is -2.04. The number of likely N-dealkylation sites (N-methyl/N-ethyl adjacent to an activating group) is 1. The molecule has 0 aliphatic carbocycles. The second kappa shape index (κ2) is 6.64. The van der Waals surface area contributed by atoms with E-state index >= 15 is 0 Å². The number of nitrogens with one attached hydrogen (secondary N) is 1. The molecule has 98 valence electrons. The maximum atomic E-state index is 11.5. The van der Waals surface area contributed by atoms with E-state index < -0.39 is 12.1 Å². The lowest BCUT2D eigenvalue weighted by Gasteiger charge is -2.14. The second-order valence-corrected chi connectivity index (χ2v) is 3.67. The van der Waals surface area contributed by atoms with Gasteiger partial charge in [0.1, 0.15) is 5.75 Å². The summed E-state index contributed by atoms with van der Waals surface area (Å²) in [5.74, 6) is -0.0470. The second-order valence-electron chi connectivity index (χ2n) is 3.67. The molecule has 0 unspecified atom stereocenters. The van der Waals surface area contributed by atoms with Crippen molar-refractivity contribution in [1.82, 2.24) is 5.32 Å². The van der Waals surface area contributed by atoms with Gasteiger partial charge in [-0.3, -0.25) is 4.79 Å². The van der Waals surface area contributed by atoms with Gasteiger partial charge in [0.15, 0.2) is 6.10 Å². The summed E-state index contributed by atoms with van der Waals surface area (Å²) < 4.78 is 10.0. The summed E-state index contributed by atoms with van der Waals surface area (Å²) in [4.78, 5) is 22.7. The normalized spacial score (nSPS) is 11.5. The fraction of sp³-hybridized carbons (Fsp3) is 0.385. The van der Waals surface area contributed by atoms with Crippen molar-refractivity contribution < 1.29 is 19.1 Å². The van der Waals surface area contributed by atoms with Crippen molar-refractivity contribution in [2.24, 2.45) is 0 Å². The molecule has 0 saturated carbocycles. The summed E-state index contributed by atoms with van der Waals surface area (Å²) in [5.41, 5.74) is 0.440. The molecule has 0 aliphatic heterocycles. The van der Waals surface area contributed by atoms with E-state index in [0.29, 0.717) is 17.9 Å². The maximum absolute atomic E-state index is 11.5. The zero-order chi connectivity index (χ0) is 13.5. The summed E-state index contributed by atoms with van der Waals surface area (Å²) in [6.07, 6.45) is -0.575. The average Bonchev–Trinajstić information content (AvgIpc) is 2.39. The van der Waals surface area contributed by atoms with Gasteiger partial charge in [0.05, 0.1) is 12.7 Å². The number of carbonyl (C=O) groups excluding carboxylic acids is 2. The molecule has 1 atom stereocenters. The first kappa shape index (κ1) is 14.0. The average molecular weight is 251 g/mol. The van der Waals surface area contributed by atoms with Crippen molar-refractivity contribution >= 4 is 11.9 Å². The first-order valence-electron chi connectivity index (χ1n) is 5.71. The quantitative estimate of drug-likeness (QED) is 0.803. The number of methoxy groups -OCH3 is 1. The van der Waals surface area contributed by atoms with E-state index in [0.717, 1.165) is 0 Å². The molecule has 0 fully saturated rings. The Morgan fingerprint density at radius 1 is 1.28 bits per heavy atom. The molecule has 0 aromatic heterocycles. The van der Waals surface area contributed by atoms with Gasteiger partial charge < -0.3 is 14.8 Å². The Morgan fingerprint density at radius 2 is 1.89 bits per heavy atom. The zero-order valence-corrected chi connectivity index (χ0v) is 10.7. The molecule has 1 amide bonds. The van der Waals surface area contributed by atoms with Gasteiger partial charge in [-0.05, 0) is 38.1 Å². The molecule has 0 saturated heterocycles. The summed E-state index contributed by atoms with van der Waals surface area (Å²) in [6, 6.07) is 6.43. The van der Waals surface area contributed by atoms with Gasteiger partial charge in [-0.2, -0.15) is 0 Å². The third-order valence-electron chi connectivity index (χ3n) is 2.31. The Labute approximate surface area is 106 Å². The van der Waals surface area contributed by atoms with Crippen molar-refractivity contribution in [3.05, 3.63) is 29.8 Å². The number of benzene rings is 1. The Bertz CT molecular complexity index is 414. The predicted octanol–water partition coefficient (Wildman–Crippen LogP) is 1.38. The molecule has 1 aromatic rings. The highest BCUT2D eigenvalue weighted by atomic mass is 16.5. The largest absolute Gasteiger partial charge is 0.481 e. The van der Waals surface area contributed by atoms with Crippen molar-refractivity contribution in [1.29, 1.82) is 0 Å². The fourth-order valence-corrected chi connectivity index (χ4v) is 1.36. The highest BCUT2D eigenvalue weighted by Crippen LogP contribution is 2.14. The van der Waals surface area contributed by atoms with Crippen LogP contribution in [0.2, 0.25) is 0 Å². The van der Waals surface area contributed by atoms with Crippen LogP contribution < -0.4 is 10.1 Å². The molecule has 0 aliphatic rings. The smallest absolute Gasteiger partial charge is 0.337 e. The van der Waals surface area contributed by atoms with Gasteiger partial charge in [0.25, 0.3) is 5.91 Å². The molecule has 1 rings (SSSR count). The van der Waals surface area contributed by atoms with E-state index in [1.165, 1.54) is 7.11 Å². The van der Waals surface area contributed by atoms with Crippen LogP contribution in [0, 0.1) is 0 Å². The number of amides is 1.